The lowest BCUT2D eigenvalue weighted by Gasteiger charge is -2.42. The van der Waals surface area contributed by atoms with E-state index in [4.69, 9.17) is 9.47 Å². The Morgan fingerprint density at radius 3 is 1.90 bits per heavy atom. The molecule has 0 saturated carbocycles. The standard InChI is InChI=1S/C14H21NO6/c1-13(2,3)20-11(18)9-8(7-16)10(17)15(9)12(19)21-14(4,5)6/h7-9H,1-6H3/t8?,9-/m0/s1. The maximum Gasteiger partial charge on any atom is 0.417 e. The molecule has 21 heavy (non-hydrogen) atoms. The van der Waals surface area contributed by atoms with E-state index in [2.05, 4.69) is 0 Å². The Hall–Kier alpha value is -1.92. The molecule has 1 fully saturated rings. The number of ether oxygens (including phenoxy) is 2. The van der Waals surface area contributed by atoms with Crippen LogP contribution in [-0.2, 0) is 23.9 Å². The summed E-state index contributed by atoms with van der Waals surface area (Å²) < 4.78 is 10.2. The molecule has 1 heterocycles. The first kappa shape index (κ1) is 17.1. The number of rotatable bonds is 2. The van der Waals surface area contributed by atoms with Gasteiger partial charge in [0.25, 0.3) is 0 Å². The number of β-lactam (4-membered cyclic amide) rings is 1. The van der Waals surface area contributed by atoms with Crippen molar-refractivity contribution < 1.29 is 28.7 Å². The Morgan fingerprint density at radius 1 is 1.05 bits per heavy atom. The number of imide groups is 1. The minimum atomic E-state index is -1.26. The van der Waals surface area contributed by atoms with Crippen LogP contribution < -0.4 is 0 Å². The van der Waals surface area contributed by atoms with E-state index in [0.717, 1.165) is 0 Å². The maximum atomic E-state index is 12.1. The molecular weight excluding hydrogens is 278 g/mol. The van der Waals surface area contributed by atoms with Crippen molar-refractivity contribution in [2.24, 2.45) is 5.92 Å². The largest absolute Gasteiger partial charge is 0.458 e. The highest BCUT2D eigenvalue weighted by Gasteiger charge is 2.57. The van der Waals surface area contributed by atoms with Crippen LogP contribution in [0.25, 0.3) is 0 Å². The normalized spacial score (nSPS) is 22.4. The fraction of sp³-hybridized carbons (Fsp3) is 0.714. The number of hydrogen-bond acceptors (Lipinski definition) is 6. The quantitative estimate of drug-likeness (QED) is 0.330. The summed E-state index contributed by atoms with van der Waals surface area (Å²) in [5.41, 5.74) is -1.61. The SMILES string of the molecule is CC(C)(C)OC(=O)[C@@H]1C(C=O)C(=O)N1C(=O)OC(C)(C)C. The summed E-state index contributed by atoms with van der Waals surface area (Å²) in [6.07, 6.45) is -0.612. The van der Waals surface area contributed by atoms with E-state index in [-0.39, 0.29) is 0 Å². The number of amides is 2. The van der Waals surface area contributed by atoms with Gasteiger partial charge in [0.2, 0.25) is 5.91 Å². The zero-order valence-corrected chi connectivity index (χ0v) is 13.1. The van der Waals surface area contributed by atoms with E-state index in [0.29, 0.717) is 11.2 Å². The number of likely N-dealkylation sites (tertiary alicyclic amines) is 1. The molecule has 1 rings (SSSR count). The molecule has 0 aromatic rings. The molecule has 7 nitrogen and oxygen atoms in total. The third-order valence-electron chi connectivity index (χ3n) is 2.53. The number of nitrogens with zero attached hydrogens (tertiary/aromatic N) is 1. The van der Waals surface area contributed by atoms with Crippen LogP contribution >= 0.6 is 0 Å². The minimum Gasteiger partial charge on any atom is -0.458 e. The molecule has 0 aromatic carbocycles. The second kappa shape index (κ2) is 5.46. The Labute approximate surface area is 123 Å². The molecule has 0 aromatic heterocycles. The first-order valence-corrected chi connectivity index (χ1v) is 6.61. The summed E-state index contributed by atoms with van der Waals surface area (Å²) in [5.74, 6) is -2.76. The van der Waals surface area contributed by atoms with Crippen LogP contribution in [-0.4, -0.2) is 46.4 Å². The van der Waals surface area contributed by atoms with Gasteiger partial charge < -0.3 is 14.3 Å². The molecule has 0 aliphatic carbocycles. The number of aldehydes is 1. The van der Waals surface area contributed by atoms with Crippen LogP contribution in [0.5, 0.6) is 0 Å². The molecular formula is C14H21NO6. The third kappa shape index (κ3) is 4.03. The summed E-state index contributed by atoms with van der Waals surface area (Å²) in [5, 5.41) is 0. The average Bonchev–Trinajstić information content (AvgIpc) is 2.20. The fourth-order valence-corrected chi connectivity index (χ4v) is 1.77. The van der Waals surface area contributed by atoms with Crippen LogP contribution in [0.3, 0.4) is 0 Å². The van der Waals surface area contributed by atoms with E-state index in [1.54, 1.807) is 41.5 Å². The second-order valence-corrected chi connectivity index (χ2v) is 6.83. The molecule has 1 saturated heterocycles. The summed E-state index contributed by atoms with van der Waals surface area (Å²) in [6.45, 7) is 9.86. The summed E-state index contributed by atoms with van der Waals surface area (Å²) in [7, 11) is 0. The van der Waals surface area contributed by atoms with Crippen LogP contribution in [0.15, 0.2) is 0 Å². The molecule has 2 atom stereocenters. The van der Waals surface area contributed by atoms with Gasteiger partial charge in [0.05, 0.1) is 0 Å². The predicted molar refractivity (Wildman–Crippen MR) is 72.3 cm³/mol. The summed E-state index contributed by atoms with van der Waals surface area (Å²) in [4.78, 5) is 47.4. The van der Waals surface area contributed by atoms with Crippen LogP contribution in [0.1, 0.15) is 41.5 Å². The number of carbonyl (C=O) groups is 4. The van der Waals surface area contributed by atoms with Gasteiger partial charge in [-0.1, -0.05) is 0 Å². The molecule has 0 bridgehead atoms. The molecule has 2 amide bonds. The van der Waals surface area contributed by atoms with Crippen molar-refractivity contribution in [2.45, 2.75) is 58.8 Å². The Kier molecular flexibility index (Phi) is 4.45. The minimum absolute atomic E-state index is 0.345. The maximum absolute atomic E-state index is 12.1. The van der Waals surface area contributed by atoms with Gasteiger partial charge in [0.1, 0.15) is 23.4 Å². The van der Waals surface area contributed by atoms with Crippen molar-refractivity contribution >= 4 is 24.3 Å². The zero-order chi connectivity index (χ0) is 16.6. The molecule has 0 N–H and O–H groups in total. The highest BCUT2D eigenvalue weighted by atomic mass is 16.6. The fourth-order valence-electron chi connectivity index (χ4n) is 1.77. The van der Waals surface area contributed by atoms with Gasteiger partial charge in [0, 0.05) is 0 Å². The predicted octanol–water partition coefficient (Wildman–Crippen LogP) is 1.29. The first-order valence-electron chi connectivity index (χ1n) is 6.61. The van der Waals surface area contributed by atoms with Gasteiger partial charge in [-0.25, -0.2) is 14.5 Å². The monoisotopic (exact) mass is 299 g/mol. The van der Waals surface area contributed by atoms with E-state index in [9.17, 15) is 19.2 Å². The van der Waals surface area contributed by atoms with Crippen molar-refractivity contribution in [2.75, 3.05) is 0 Å². The zero-order valence-electron chi connectivity index (χ0n) is 13.1. The highest BCUT2D eigenvalue weighted by molar-refractivity contribution is 6.12. The van der Waals surface area contributed by atoms with E-state index in [1.165, 1.54) is 0 Å². The Balaban J connectivity index is 2.92. The molecule has 0 spiro atoms. The van der Waals surface area contributed by atoms with Crippen molar-refractivity contribution in [3.8, 4) is 0 Å². The van der Waals surface area contributed by atoms with Crippen LogP contribution in [0, 0.1) is 5.92 Å². The lowest BCUT2D eigenvalue weighted by Crippen LogP contribution is -2.68. The second-order valence-electron chi connectivity index (χ2n) is 6.83. The molecule has 1 aliphatic rings. The molecule has 118 valence electrons. The molecule has 1 aliphatic heterocycles. The van der Waals surface area contributed by atoms with E-state index < -0.39 is 41.1 Å². The number of esters is 1. The van der Waals surface area contributed by atoms with Crippen molar-refractivity contribution in [1.82, 2.24) is 4.90 Å². The smallest absolute Gasteiger partial charge is 0.417 e. The van der Waals surface area contributed by atoms with Crippen molar-refractivity contribution in [3.63, 3.8) is 0 Å². The number of hydrogen-bond donors (Lipinski definition) is 0. The van der Waals surface area contributed by atoms with Crippen molar-refractivity contribution in [1.29, 1.82) is 0 Å². The highest BCUT2D eigenvalue weighted by Crippen LogP contribution is 2.29. The molecule has 7 heteroatoms. The Bertz CT molecular complexity index is 471. The van der Waals surface area contributed by atoms with Gasteiger partial charge in [0.15, 0.2) is 6.04 Å². The van der Waals surface area contributed by atoms with Gasteiger partial charge in [-0.15, -0.1) is 0 Å². The molecule has 1 unspecified atom stereocenters. The molecule has 0 radical (unpaired) electrons. The van der Waals surface area contributed by atoms with Gasteiger partial charge in [-0.3, -0.25) is 4.79 Å². The summed E-state index contributed by atoms with van der Waals surface area (Å²) >= 11 is 0. The number of carbonyl (C=O) groups excluding carboxylic acids is 4. The summed E-state index contributed by atoms with van der Waals surface area (Å²) in [6, 6.07) is -1.26. The van der Waals surface area contributed by atoms with Gasteiger partial charge in [-0.2, -0.15) is 0 Å². The first-order chi connectivity index (χ1) is 9.37. The lowest BCUT2D eigenvalue weighted by atomic mass is 9.89. The lowest BCUT2D eigenvalue weighted by molar-refractivity contribution is -0.179. The van der Waals surface area contributed by atoms with E-state index >= 15 is 0 Å². The van der Waals surface area contributed by atoms with Crippen molar-refractivity contribution in [3.05, 3.63) is 0 Å². The van der Waals surface area contributed by atoms with E-state index in [1.807, 2.05) is 0 Å². The third-order valence-corrected chi connectivity index (χ3v) is 2.53. The van der Waals surface area contributed by atoms with Gasteiger partial charge in [-0.05, 0) is 41.5 Å². The topological polar surface area (TPSA) is 90.0 Å². The van der Waals surface area contributed by atoms with Gasteiger partial charge >= 0.3 is 12.1 Å². The Morgan fingerprint density at radius 2 is 1.52 bits per heavy atom. The van der Waals surface area contributed by atoms with Crippen LogP contribution in [0.4, 0.5) is 4.79 Å². The van der Waals surface area contributed by atoms with Crippen LogP contribution in [0.2, 0.25) is 0 Å². The average molecular weight is 299 g/mol.